The van der Waals surface area contributed by atoms with E-state index in [0.29, 0.717) is 5.92 Å². The molecular weight excluding hydrogens is 272 g/mol. The van der Waals surface area contributed by atoms with E-state index in [4.69, 9.17) is 9.40 Å². The normalized spacial score (nSPS) is 19.2. The van der Waals surface area contributed by atoms with Crippen LogP contribution in [0.2, 0.25) is 0 Å². The van der Waals surface area contributed by atoms with Crippen molar-refractivity contribution in [2.75, 3.05) is 11.4 Å². The Morgan fingerprint density at radius 1 is 1.18 bits per heavy atom. The minimum atomic E-state index is 0.562. The molecule has 2 heterocycles. The van der Waals surface area contributed by atoms with Crippen LogP contribution in [0, 0.1) is 6.92 Å². The lowest BCUT2D eigenvalue weighted by Gasteiger charge is -2.27. The van der Waals surface area contributed by atoms with Crippen molar-refractivity contribution in [2.45, 2.75) is 57.9 Å². The summed E-state index contributed by atoms with van der Waals surface area (Å²) in [5, 5.41) is 0. The summed E-state index contributed by atoms with van der Waals surface area (Å²) in [4.78, 5) is 7.23. The molecule has 1 aliphatic carbocycles. The number of aryl methyl sites for hydroxylation is 1. The Kier molecular flexibility index (Phi) is 3.65. The maximum Gasteiger partial charge on any atom is 0.197 e. The molecule has 0 unspecified atom stereocenters. The molecule has 1 aromatic carbocycles. The molecule has 0 spiro atoms. The van der Waals surface area contributed by atoms with Crippen molar-refractivity contribution in [2.24, 2.45) is 0 Å². The molecule has 2 aliphatic rings. The SMILES string of the molecule is Cc1cccc(N2CCc3nc(C4CCCCC4)oc3C2)c1. The second kappa shape index (κ2) is 5.79. The zero-order valence-electron chi connectivity index (χ0n) is 13.3. The van der Waals surface area contributed by atoms with Crippen LogP contribution >= 0.6 is 0 Å². The second-order valence-electron chi connectivity index (χ2n) is 6.77. The van der Waals surface area contributed by atoms with Crippen LogP contribution < -0.4 is 4.90 Å². The van der Waals surface area contributed by atoms with E-state index in [1.54, 1.807) is 0 Å². The summed E-state index contributed by atoms with van der Waals surface area (Å²) < 4.78 is 6.17. The summed E-state index contributed by atoms with van der Waals surface area (Å²) in [5.74, 6) is 2.66. The number of aromatic nitrogens is 1. The highest BCUT2D eigenvalue weighted by Gasteiger charge is 2.26. The van der Waals surface area contributed by atoms with Crippen molar-refractivity contribution < 1.29 is 4.42 Å². The van der Waals surface area contributed by atoms with Gasteiger partial charge in [-0.25, -0.2) is 4.98 Å². The van der Waals surface area contributed by atoms with E-state index >= 15 is 0 Å². The van der Waals surface area contributed by atoms with Gasteiger partial charge in [-0.15, -0.1) is 0 Å². The molecule has 0 N–H and O–H groups in total. The minimum absolute atomic E-state index is 0.562. The van der Waals surface area contributed by atoms with E-state index in [9.17, 15) is 0 Å². The first-order valence-electron chi connectivity index (χ1n) is 8.60. The Morgan fingerprint density at radius 3 is 2.86 bits per heavy atom. The van der Waals surface area contributed by atoms with Crippen LogP contribution in [-0.2, 0) is 13.0 Å². The van der Waals surface area contributed by atoms with Gasteiger partial charge in [0.05, 0.1) is 12.2 Å². The van der Waals surface area contributed by atoms with Gasteiger partial charge in [0.15, 0.2) is 5.89 Å². The number of hydrogen-bond donors (Lipinski definition) is 0. The fourth-order valence-corrected chi connectivity index (χ4v) is 3.78. The number of fused-ring (bicyclic) bond motifs is 1. The molecule has 0 radical (unpaired) electrons. The van der Waals surface area contributed by atoms with E-state index < -0.39 is 0 Å². The topological polar surface area (TPSA) is 29.3 Å². The van der Waals surface area contributed by atoms with Gasteiger partial charge in [-0.3, -0.25) is 0 Å². The molecule has 1 saturated carbocycles. The average Bonchev–Trinajstić information content (AvgIpc) is 2.99. The van der Waals surface area contributed by atoms with Crippen LogP contribution in [-0.4, -0.2) is 11.5 Å². The molecule has 116 valence electrons. The molecule has 2 aromatic rings. The van der Waals surface area contributed by atoms with Crippen LogP contribution in [0.3, 0.4) is 0 Å². The Labute approximate surface area is 132 Å². The van der Waals surface area contributed by atoms with Gasteiger partial charge in [0.1, 0.15) is 5.76 Å². The second-order valence-corrected chi connectivity index (χ2v) is 6.77. The first-order valence-corrected chi connectivity index (χ1v) is 8.60. The van der Waals surface area contributed by atoms with E-state index in [2.05, 4.69) is 36.1 Å². The molecule has 0 atom stereocenters. The van der Waals surface area contributed by atoms with Gasteiger partial charge < -0.3 is 9.32 Å². The third kappa shape index (κ3) is 2.65. The zero-order valence-corrected chi connectivity index (χ0v) is 13.3. The zero-order chi connectivity index (χ0) is 14.9. The minimum Gasteiger partial charge on any atom is -0.443 e. The summed E-state index contributed by atoms with van der Waals surface area (Å²) in [6.45, 7) is 4.04. The smallest absolute Gasteiger partial charge is 0.197 e. The van der Waals surface area contributed by atoms with Gasteiger partial charge in [-0.2, -0.15) is 0 Å². The van der Waals surface area contributed by atoms with Crippen molar-refractivity contribution >= 4 is 5.69 Å². The number of benzene rings is 1. The molecule has 0 bridgehead atoms. The summed E-state index contributed by atoms with van der Waals surface area (Å²) in [7, 11) is 0. The van der Waals surface area contributed by atoms with Gasteiger partial charge in [0.25, 0.3) is 0 Å². The van der Waals surface area contributed by atoms with Gasteiger partial charge in [-0.1, -0.05) is 31.4 Å². The van der Waals surface area contributed by atoms with Crippen molar-refractivity contribution in [3.63, 3.8) is 0 Å². The molecule has 3 heteroatoms. The van der Waals surface area contributed by atoms with Crippen molar-refractivity contribution in [1.29, 1.82) is 0 Å². The van der Waals surface area contributed by atoms with Crippen molar-refractivity contribution in [3.05, 3.63) is 47.2 Å². The quantitative estimate of drug-likeness (QED) is 0.811. The lowest BCUT2D eigenvalue weighted by atomic mass is 9.89. The maximum absolute atomic E-state index is 6.17. The monoisotopic (exact) mass is 296 g/mol. The standard InChI is InChI=1S/C19H24N2O/c1-14-6-5-9-16(12-14)21-11-10-17-18(13-21)22-19(20-17)15-7-3-2-4-8-15/h5-6,9,12,15H,2-4,7-8,10-11,13H2,1H3. The van der Waals surface area contributed by atoms with Crippen LogP contribution in [0.4, 0.5) is 5.69 Å². The van der Waals surface area contributed by atoms with Gasteiger partial charge in [0.2, 0.25) is 0 Å². The largest absolute Gasteiger partial charge is 0.443 e. The summed E-state index contributed by atoms with van der Waals surface area (Å²) >= 11 is 0. The van der Waals surface area contributed by atoms with Crippen molar-refractivity contribution in [1.82, 2.24) is 4.98 Å². The molecular formula is C19H24N2O. The van der Waals surface area contributed by atoms with E-state index in [1.165, 1.54) is 49.0 Å². The molecule has 1 aliphatic heterocycles. The van der Waals surface area contributed by atoms with E-state index in [1.807, 2.05) is 0 Å². The van der Waals surface area contributed by atoms with E-state index in [0.717, 1.165) is 31.2 Å². The van der Waals surface area contributed by atoms with Gasteiger partial charge in [-0.05, 0) is 37.5 Å². The average molecular weight is 296 g/mol. The third-order valence-corrected chi connectivity index (χ3v) is 5.07. The number of rotatable bonds is 2. The number of oxazole rings is 1. The number of nitrogens with zero attached hydrogens (tertiary/aromatic N) is 2. The molecule has 0 saturated heterocycles. The van der Waals surface area contributed by atoms with Gasteiger partial charge >= 0.3 is 0 Å². The van der Waals surface area contributed by atoms with Gasteiger partial charge in [0, 0.05) is 24.6 Å². The third-order valence-electron chi connectivity index (χ3n) is 5.07. The predicted molar refractivity (Wildman–Crippen MR) is 88.3 cm³/mol. The van der Waals surface area contributed by atoms with Crippen LogP contribution in [0.15, 0.2) is 28.7 Å². The predicted octanol–water partition coefficient (Wildman–Crippen LogP) is 4.59. The summed E-state index contributed by atoms with van der Waals surface area (Å²) in [5.41, 5.74) is 3.80. The first kappa shape index (κ1) is 13.9. The summed E-state index contributed by atoms with van der Waals surface area (Å²) in [6, 6.07) is 8.72. The van der Waals surface area contributed by atoms with Crippen LogP contribution in [0.1, 0.15) is 60.9 Å². The highest BCUT2D eigenvalue weighted by Crippen LogP contribution is 2.34. The maximum atomic E-state index is 6.17. The summed E-state index contributed by atoms with van der Waals surface area (Å²) in [6.07, 6.45) is 7.53. The molecule has 3 nitrogen and oxygen atoms in total. The molecule has 22 heavy (non-hydrogen) atoms. The lowest BCUT2D eigenvalue weighted by Crippen LogP contribution is -2.29. The number of hydrogen-bond acceptors (Lipinski definition) is 3. The van der Waals surface area contributed by atoms with Crippen LogP contribution in [0.25, 0.3) is 0 Å². The Hall–Kier alpha value is -1.77. The van der Waals surface area contributed by atoms with E-state index in [-0.39, 0.29) is 0 Å². The molecule has 1 fully saturated rings. The lowest BCUT2D eigenvalue weighted by molar-refractivity contribution is 0.350. The molecule has 4 rings (SSSR count). The fourth-order valence-electron chi connectivity index (χ4n) is 3.78. The highest BCUT2D eigenvalue weighted by molar-refractivity contribution is 5.49. The molecule has 1 aromatic heterocycles. The Bertz CT molecular complexity index is 655. The fraction of sp³-hybridized carbons (Fsp3) is 0.526. The Balaban J connectivity index is 1.54. The number of anilines is 1. The van der Waals surface area contributed by atoms with Crippen molar-refractivity contribution in [3.8, 4) is 0 Å². The molecule has 0 amide bonds. The Morgan fingerprint density at radius 2 is 2.05 bits per heavy atom. The highest BCUT2D eigenvalue weighted by atomic mass is 16.4. The first-order chi connectivity index (χ1) is 10.8. The van der Waals surface area contributed by atoms with Crippen LogP contribution in [0.5, 0.6) is 0 Å².